The van der Waals surface area contributed by atoms with Crippen LogP contribution in [0.3, 0.4) is 0 Å². The lowest BCUT2D eigenvalue weighted by molar-refractivity contribution is 0.0473. The Kier molecular flexibility index (Phi) is 4.20. The van der Waals surface area contributed by atoms with E-state index in [0.717, 1.165) is 5.56 Å². The summed E-state index contributed by atoms with van der Waals surface area (Å²) in [6.45, 7) is 1.58. The number of aryl methyl sites for hydroxylation is 1. The molecule has 1 heterocycles. The van der Waals surface area contributed by atoms with Crippen molar-refractivity contribution in [1.82, 2.24) is 4.98 Å². The van der Waals surface area contributed by atoms with E-state index in [1.807, 2.05) is 6.92 Å². The fraction of sp³-hybridized carbons (Fsp3) is 0.200. The number of rotatable bonds is 5. The summed E-state index contributed by atoms with van der Waals surface area (Å²) in [5, 5.41) is 0. The largest absolute Gasteiger partial charge is 0.496 e. The third-order valence-electron chi connectivity index (χ3n) is 2.88. The van der Waals surface area contributed by atoms with Crippen molar-refractivity contribution in [1.29, 1.82) is 0 Å². The summed E-state index contributed by atoms with van der Waals surface area (Å²) in [6, 6.07) is 8.34. The second kappa shape index (κ2) is 6.06. The minimum atomic E-state index is -0.553. The molecule has 104 valence electrons. The third kappa shape index (κ3) is 3.06. The van der Waals surface area contributed by atoms with Crippen LogP contribution in [0.15, 0.2) is 36.5 Å². The van der Waals surface area contributed by atoms with Crippen molar-refractivity contribution < 1.29 is 19.1 Å². The normalized spacial score (nSPS) is 10.1. The predicted octanol–water partition coefficient (Wildman–Crippen LogP) is 2.37. The van der Waals surface area contributed by atoms with Crippen molar-refractivity contribution in [3.63, 3.8) is 0 Å². The van der Waals surface area contributed by atoms with E-state index in [9.17, 15) is 9.59 Å². The van der Waals surface area contributed by atoms with Gasteiger partial charge in [0.1, 0.15) is 5.75 Å². The maximum Gasteiger partial charge on any atom is 0.338 e. The highest BCUT2D eigenvalue weighted by molar-refractivity contribution is 5.98. The highest BCUT2D eigenvalue weighted by atomic mass is 16.5. The van der Waals surface area contributed by atoms with Crippen molar-refractivity contribution in [2.75, 3.05) is 13.7 Å². The van der Waals surface area contributed by atoms with Gasteiger partial charge in [-0.1, -0.05) is 6.07 Å². The maximum absolute atomic E-state index is 11.9. The second-order valence-corrected chi connectivity index (χ2v) is 4.27. The summed E-state index contributed by atoms with van der Waals surface area (Å²) in [7, 11) is 1.53. The standard InChI is InChI=1S/C15H15NO4/c1-10-5-6-11(8-14(10)19-2)15(18)20-9-13(17)12-4-3-7-16-12/h3-8,16H,9H2,1-2H3. The van der Waals surface area contributed by atoms with E-state index in [1.165, 1.54) is 7.11 Å². The zero-order chi connectivity index (χ0) is 14.5. The minimum Gasteiger partial charge on any atom is -0.496 e. The van der Waals surface area contributed by atoms with Crippen LogP contribution in [0.25, 0.3) is 0 Å². The molecule has 1 aromatic carbocycles. The summed E-state index contributed by atoms with van der Waals surface area (Å²) < 4.78 is 10.1. The molecule has 1 aromatic heterocycles. The third-order valence-corrected chi connectivity index (χ3v) is 2.88. The first-order valence-electron chi connectivity index (χ1n) is 6.10. The Bertz CT molecular complexity index is 617. The molecule has 0 amide bonds. The van der Waals surface area contributed by atoms with Crippen LogP contribution in [-0.4, -0.2) is 30.5 Å². The van der Waals surface area contributed by atoms with Crippen LogP contribution < -0.4 is 4.74 Å². The van der Waals surface area contributed by atoms with Gasteiger partial charge in [0.2, 0.25) is 5.78 Å². The fourth-order valence-electron chi connectivity index (χ4n) is 1.74. The molecule has 2 aromatic rings. The van der Waals surface area contributed by atoms with Gasteiger partial charge >= 0.3 is 5.97 Å². The van der Waals surface area contributed by atoms with Crippen molar-refractivity contribution >= 4 is 11.8 Å². The van der Waals surface area contributed by atoms with Crippen molar-refractivity contribution in [2.24, 2.45) is 0 Å². The molecule has 0 saturated heterocycles. The number of methoxy groups -OCH3 is 1. The Morgan fingerprint density at radius 1 is 1.25 bits per heavy atom. The molecule has 0 aliphatic carbocycles. The predicted molar refractivity (Wildman–Crippen MR) is 73.1 cm³/mol. The molecule has 20 heavy (non-hydrogen) atoms. The number of aromatic amines is 1. The second-order valence-electron chi connectivity index (χ2n) is 4.27. The number of carbonyl (C=O) groups is 2. The SMILES string of the molecule is COc1cc(C(=O)OCC(=O)c2ccc[nH]2)ccc1C. The summed E-state index contributed by atoms with van der Waals surface area (Å²) in [4.78, 5) is 26.3. The highest BCUT2D eigenvalue weighted by Crippen LogP contribution is 2.19. The number of Topliss-reactive ketones (excluding diaryl/α,β-unsaturated/α-hetero) is 1. The number of aromatic nitrogens is 1. The van der Waals surface area contributed by atoms with Crippen molar-refractivity contribution in [3.05, 3.63) is 53.3 Å². The average molecular weight is 273 g/mol. The molecule has 5 heteroatoms. The smallest absolute Gasteiger partial charge is 0.338 e. The van der Waals surface area contributed by atoms with Gasteiger partial charge in [-0.3, -0.25) is 4.79 Å². The number of ketones is 1. The van der Waals surface area contributed by atoms with E-state index in [1.54, 1.807) is 36.5 Å². The van der Waals surface area contributed by atoms with Crippen LogP contribution in [0.5, 0.6) is 5.75 Å². The van der Waals surface area contributed by atoms with E-state index in [2.05, 4.69) is 4.98 Å². The molecule has 0 atom stereocenters. The Hall–Kier alpha value is -2.56. The molecule has 1 N–H and O–H groups in total. The first-order valence-corrected chi connectivity index (χ1v) is 6.10. The fourth-order valence-corrected chi connectivity index (χ4v) is 1.74. The molecule has 0 radical (unpaired) electrons. The molecular formula is C15H15NO4. The van der Waals surface area contributed by atoms with Gasteiger partial charge < -0.3 is 14.5 Å². The minimum absolute atomic E-state index is 0.276. The van der Waals surface area contributed by atoms with Gasteiger partial charge in [0, 0.05) is 6.20 Å². The van der Waals surface area contributed by atoms with E-state index >= 15 is 0 Å². The van der Waals surface area contributed by atoms with Crippen LogP contribution in [0, 0.1) is 6.92 Å². The van der Waals surface area contributed by atoms with Gasteiger partial charge in [0.25, 0.3) is 0 Å². The lowest BCUT2D eigenvalue weighted by Crippen LogP contribution is -2.14. The van der Waals surface area contributed by atoms with Gasteiger partial charge in [-0.15, -0.1) is 0 Å². The van der Waals surface area contributed by atoms with Gasteiger partial charge in [-0.25, -0.2) is 4.79 Å². The Morgan fingerprint density at radius 2 is 2.05 bits per heavy atom. The number of benzene rings is 1. The van der Waals surface area contributed by atoms with Gasteiger partial charge in [0.05, 0.1) is 18.4 Å². The molecule has 2 rings (SSSR count). The molecule has 0 bridgehead atoms. The van der Waals surface area contributed by atoms with Crippen LogP contribution in [0.1, 0.15) is 26.4 Å². The average Bonchev–Trinajstić information content (AvgIpc) is 2.99. The number of H-pyrrole nitrogens is 1. The quantitative estimate of drug-likeness (QED) is 0.670. The van der Waals surface area contributed by atoms with E-state index in [0.29, 0.717) is 17.0 Å². The van der Waals surface area contributed by atoms with Gasteiger partial charge in [0.15, 0.2) is 6.61 Å². The summed E-state index contributed by atoms with van der Waals surface area (Å²) >= 11 is 0. The molecule has 0 aliphatic rings. The molecule has 0 unspecified atom stereocenters. The number of esters is 1. The van der Waals surface area contributed by atoms with Gasteiger partial charge in [-0.2, -0.15) is 0 Å². The van der Waals surface area contributed by atoms with E-state index < -0.39 is 5.97 Å². The lowest BCUT2D eigenvalue weighted by Gasteiger charge is -2.07. The molecule has 0 aliphatic heterocycles. The number of nitrogens with one attached hydrogen (secondary N) is 1. The Morgan fingerprint density at radius 3 is 2.70 bits per heavy atom. The Balaban J connectivity index is 2.00. The maximum atomic E-state index is 11.9. The van der Waals surface area contributed by atoms with Crippen LogP contribution in [0.2, 0.25) is 0 Å². The highest BCUT2D eigenvalue weighted by Gasteiger charge is 2.13. The molecular weight excluding hydrogens is 258 g/mol. The lowest BCUT2D eigenvalue weighted by atomic mass is 10.1. The monoisotopic (exact) mass is 273 g/mol. The molecule has 0 fully saturated rings. The number of ether oxygens (including phenoxy) is 2. The van der Waals surface area contributed by atoms with Crippen molar-refractivity contribution in [2.45, 2.75) is 6.92 Å². The first-order chi connectivity index (χ1) is 9.61. The number of carbonyl (C=O) groups excluding carboxylic acids is 2. The van der Waals surface area contributed by atoms with Crippen molar-refractivity contribution in [3.8, 4) is 5.75 Å². The summed E-state index contributed by atoms with van der Waals surface area (Å²) in [6.07, 6.45) is 1.64. The van der Waals surface area contributed by atoms with Gasteiger partial charge in [-0.05, 0) is 36.8 Å². The molecule has 0 spiro atoms. The zero-order valence-corrected chi connectivity index (χ0v) is 11.3. The van der Waals surface area contributed by atoms with E-state index in [4.69, 9.17) is 9.47 Å². The molecule has 5 nitrogen and oxygen atoms in total. The van der Waals surface area contributed by atoms with Crippen LogP contribution >= 0.6 is 0 Å². The molecule has 0 saturated carbocycles. The van der Waals surface area contributed by atoms with Crippen LogP contribution in [-0.2, 0) is 4.74 Å². The van der Waals surface area contributed by atoms with E-state index in [-0.39, 0.29) is 12.4 Å². The number of hydrogen-bond donors (Lipinski definition) is 1. The van der Waals surface area contributed by atoms with Crippen LogP contribution in [0.4, 0.5) is 0 Å². The topological polar surface area (TPSA) is 68.4 Å². The first kappa shape index (κ1) is 13.9. The number of hydrogen-bond acceptors (Lipinski definition) is 4. The summed E-state index contributed by atoms with van der Waals surface area (Å²) in [5.74, 6) is -0.222. The summed E-state index contributed by atoms with van der Waals surface area (Å²) in [5.41, 5.74) is 1.69. The zero-order valence-electron chi connectivity index (χ0n) is 11.3. The Labute approximate surface area is 116 Å².